The average molecular weight is 540 g/mol. The number of amides is 1. The van der Waals surface area contributed by atoms with Crippen LogP contribution in [0.5, 0.6) is 0 Å². The largest absolute Gasteiger partial charge is 0.494 e. The minimum absolute atomic E-state index is 0.190. The number of likely N-dealkylation sites (tertiary alicyclic amines) is 2. The molecule has 5 fully saturated rings. The number of benzene rings is 1. The third kappa shape index (κ3) is 4.13. The van der Waals surface area contributed by atoms with Gasteiger partial charge in [0.1, 0.15) is 6.17 Å². The second-order valence-electron chi connectivity index (χ2n) is 13.8. The summed E-state index contributed by atoms with van der Waals surface area (Å²) in [5.74, 6) is 0.277. The molecule has 1 amide bonds. The molecule has 1 aromatic rings. The van der Waals surface area contributed by atoms with E-state index >= 15 is 0 Å². The quantitative estimate of drug-likeness (QED) is 0.549. The van der Waals surface area contributed by atoms with Crippen LogP contribution in [-0.4, -0.2) is 97.7 Å². The molecule has 7 nitrogen and oxygen atoms in total. The maximum Gasteiger partial charge on any atom is 0.494 e. The van der Waals surface area contributed by atoms with Gasteiger partial charge in [0.2, 0.25) is 5.91 Å². The van der Waals surface area contributed by atoms with Crippen molar-refractivity contribution >= 4 is 24.2 Å². The van der Waals surface area contributed by atoms with Crippen LogP contribution in [-0.2, 0) is 24.3 Å². The normalized spacial score (nSPS) is 32.9. The standard InChI is InChI=1S/C30H43BFN3O4/c1-28(2)29(3,4)39-31(38-28)20-5-6-25-26(15-20)35(23-16-22(17-23)33-11-7-21(32)8-12-33)27(36)30(25)9-13-34(14-10-30)24-18-37-19-24/h5-6,15,21-24H,7-14,16-19H2,1-4H3/t22-,23+. The van der Waals surface area contributed by atoms with E-state index in [4.69, 9.17) is 14.0 Å². The molecule has 0 bridgehead atoms. The number of halogens is 1. The van der Waals surface area contributed by atoms with E-state index in [1.54, 1.807) is 0 Å². The van der Waals surface area contributed by atoms with Gasteiger partial charge in [-0.3, -0.25) is 9.69 Å². The summed E-state index contributed by atoms with van der Waals surface area (Å²) in [4.78, 5) is 21.6. The summed E-state index contributed by atoms with van der Waals surface area (Å²) < 4.78 is 32.0. The van der Waals surface area contributed by atoms with Crippen LogP contribution in [0.1, 0.15) is 71.8 Å². The summed E-state index contributed by atoms with van der Waals surface area (Å²) in [6.45, 7) is 13.4. The highest BCUT2D eigenvalue weighted by Crippen LogP contribution is 2.51. The third-order valence-corrected chi connectivity index (χ3v) is 11.2. The van der Waals surface area contributed by atoms with Crippen molar-refractivity contribution in [2.24, 2.45) is 0 Å². The second-order valence-corrected chi connectivity index (χ2v) is 13.8. The lowest BCUT2D eigenvalue weighted by Gasteiger charge is -2.49. The lowest BCUT2D eigenvalue weighted by Crippen LogP contribution is -2.59. The molecule has 0 unspecified atom stereocenters. The van der Waals surface area contributed by atoms with E-state index in [2.05, 4.69) is 60.6 Å². The Kier molecular flexibility index (Phi) is 6.26. The molecule has 0 atom stereocenters. The average Bonchev–Trinajstić information content (AvgIpc) is 3.20. The molecule has 0 radical (unpaired) electrons. The predicted octanol–water partition coefficient (Wildman–Crippen LogP) is 3.03. The molecule has 1 aliphatic carbocycles. The molecular weight excluding hydrogens is 496 g/mol. The van der Waals surface area contributed by atoms with Gasteiger partial charge >= 0.3 is 7.12 Å². The molecule has 0 N–H and O–H groups in total. The smallest absolute Gasteiger partial charge is 0.399 e. The maximum atomic E-state index is 14.5. The van der Waals surface area contributed by atoms with E-state index in [9.17, 15) is 9.18 Å². The van der Waals surface area contributed by atoms with E-state index in [0.717, 1.165) is 76.2 Å². The van der Waals surface area contributed by atoms with Crippen LogP contribution < -0.4 is 10.4 Å². The van der Waals surface area contributed by atoms with Crippen molar-refractivity contribution in [3.8, 4) is 0 Å². The number of hydrogen-bond acceptors (Lipinski definition) is 6. The minimum Gasteiger partial charge on any atom is -0.399 e. The van der Waals surface area contributed by atoms with Gasteiger partial charge in [-0.1, -0.05) is 12.1 Å². The molecular formula is C30H43BFN3O4. The van der Waals surface area contributed by atoms with Gasteiger partial charge in [-0.05, 0) is 96.4 Å². The van der Waals surface area contributed by atoms with Crippen LogP contribution in [0, 0.1) is 0 Å². The number of anilines is 1. The summed E-state index contributed by atoms with van der Waals surface area (Å²) >= 11 is 0. The molecule has 1 aromatic carbocycles. The van der Waals surface area contributed by atoms with Gasteiger partial charge in [0.25, 0.3) is 0 Å². The fourth-order valence-electron chi connectivity index (χ4n) is 7.59. The fraction of sp³-hybridized carbons (Fsp3) is 0.767. The first kappa shape index (κ1) is 26.4. The molecule has 9 heteroatoms. The molecule has 6 aliphatic rings. The van der Waals surface area contributed by atoms with Crippen LogP contribution in [0.2, 0.25) is 0 Å². The first-order valence-corrected chi connectivity index (χ1v) is 15.1. The molecule has 5 heterocycles. The second kappa shape index (κ2) is 9.25. The highest BCUT2D eigenvalue weighted by molar-refractivity contribution is 6.62. The summed E-state index contributed by atoms with van der Waals surface area (Å²) in [7, 11) is -0.453. The number of alkyl halides is 1. The first-order chi connectivity index (χ1) is 18.6. The van der Waals surface area contributed by atoms with Gasteiger partial charge in [-0.2, -0.15) is 0 Å². The Morgan fingerprint density at radius 3 is 2.08 bits per heavy atom. The molecule has 212 valence electrons. The SMILES string of the molecule is CC1(C)OB(c2ccc3c(c2)N([C@H]2C[C@@H](N4CCC(F)CC4)C2)C(=O)C32CCN(C3COC3)CC2)OC1(C)C. The van der Waals surface area contributed by atoms with Crippen molar-refractivity contribution in [3.63, 3.8) is 0 Å². The Labute approximate surface area is 232 Å². The molecule has 1 saturated carbocycles. The number of fused-ring (bicyclic) bond motifs is 2. The van der Waals surface area contributed by atoms with Crippen LogP contribution in [0.4, 0.5) is 10.1 Å². The summed E-state index contributed by atoms with van der Waals surface area (Å²) in [5, 5.41) is 0. The van der Waals surface area contributed by atoms with Crippen molar-refractivity contribution in [2.45, 2.75) is 107 Å². The van der Waals surface area contributed by atoms with Crippen LogP contribution >= 0.6 is 0 Å². The zero-order chi connectivity index (χ0) is 27.2. The van der Waals surface area contributed by atoms with Gasteiger partial charge < -0.3 is 23.8 Å². The molecule has 0 aromatic heterocycles. The zero-order valence-electron chi connectivity index (χ0n) is 24.0. The Balaban J connectivity index is 1.17. The number of hydrogen-bond donors (Lipinski definition) is 0. The highest BCUT2D eigenvalue weighted by atomic mass is 19.1. The van der Waals surface area contributed by atoms with E-state index in [1.807, 2.05) is 0 Å². The van der Waals surface area contributed by atoms with Crippen molar-refractivity contribution in [2.75, 3.05) is 44.3 Å². The number of piperidine rings is 2. The van der Waals surface area contributed by atoms with Gasteiger partial charge in [0.05, 0.1) is 35.9 Å². The fourth-order valence-corrected chi connectivity index (χ4v) is 7.59. The van der Waals surface area contributed by atoms with E-state index < -0.39 is 29.9 Å². The van der Waals surface area contributed by atoms with Gasteiger partial charge in [0, 0.05) is 30.9 Å². The van der Waals surface area contributed by atoms with E-state index in [0.29, 0.717) is 24.9 Å². The Bertz CT molecular complexity index is 1110. The molecule has 1 spiro atoms. The van der Waals surface area contributed by atoms with Crippen molar-refractivity contribution in [1.29, 1.82) is 0 Å². The maximum absolute atomic E-state index is 14.5. The molecule has 39 heavy (non-hydrogen) atoms. The van der Waals surface area contributed by atoms with Crippen molar-refractivity contribution in [1.82, 2.24) is 9.80 Å². The lowest BCUT2D eigenvalue weighted by molar-refractivity contribution is -0.128. The highest BCUT2D eigenvalue weighted by Gasteiger charge is 2.57. The van der Waals surface area contributed by atoms with E-state index in [1.165, 1.54) is 5.56 Å². The summed E-state index contributed by atoms with van der Waals surface area (Å²) in [6, 6.07) is 7.63. The van der Waals surface area contributed by atoms with Gasteiger partial charge in [-0.25, -0.2) is 4.39 Å². The monoisotopic (exact) mass is 539 g/mol. The Hall–Kier alpha value is -1.52. The topological polar surface area (TPSA) is 54.5 Å². The van der Waals surface area contributed by atoms with Crippen molar-refractivity contribution < 1.29 is 23.2 Å². The van der Waals surface area contributed by atoms with Gasteiger partial charge in [-0.15, -0.1) is 0 Å². The summed E-state index contributed by atoms with van der Waals surface area (Å²) in [6.07, 6.45) is 4.24. The van der Waals surface area contributed by atoms with Gasteiger partial charge in [0.15, 0.2) is 0 Å². The van der Waals surface area contributed by atoms with Crippen LogP contribution in [0.25, 0.3) is 0 Å². The molecule has 7 rings (SSSR count). The number of ether oxygens (including phenoxy) is 1. The first-order valence-electron chi connectivity index (χ1n) is 15.1. The van der Waals surface area contributed by atoms with E-state index in [-0.39, 0.29) is 11.9 Å². The molecule has 4 saturated heterocycles. The number of carbonyl (C=O) groups excluding carboxylic acids is 1. The molecule has 5 aliphatic heterocycles. The number of rotatable bonds is 4. The predicted molar refractivity (Wildman–Crippen MR) is 149 cm³/mol. The number of nitrogens with zero attached hydrogens (tertiary/aromatic N) is 3. The number of carbonyl (C=O) groups is 1. The van der Waals surface area contributed by atoms with Crippen LogP contribution in [0.15, 0.2) is 18.2 Å². The minimum atomic E-state index is -0.658. The lowest BCUT2D eigenvalue weighted by atomic mass is 9.71. The van der Waals surface area contributed by atoms with Crippen LogP contribution in [0.3, 0.4) is 0 Å². The summed E-state index contributed by atoms with van der Waals surface area (Å²) in [5.41, 5.74) is 1.92. The Morgan fingerprint density at radius 2 is 1.49 bits per heavy atom. The zero-order valence-corrected chi connectivity index (χ0v) is 24.0. The third-order valence-electron chi connectivity index (χ3n) is 11.2. The Morgan fingerprint density at radius 1 is 0.872 bits per heavy atom. The van der Waals surface area contributed by atoms with Crippen molar-refractivity contribution in [3.05, 3.63) is 23.8 Å².